The number of hydrogen-bond acceptors (Lipinski definition) is 4. The summed E-state index contributed by atoms with van der Waals surface area (Å²) in [6.07, 6.45) is 10.8. The van der Waals surface area contributed by atoms with E-state index in [9.17, 15) is 19.2 Å². The fourth-order valence-corrected chi connectivity index (χ4v) is 6.15. The van der Waals surface area contributed by atoms with Gasteiger partial charge in [-0.15, -0.1) is 13.2 Å². The second-order valence-corrected chi connectivity index (χ2v) is 9.37. The molecule has 8 unspecified atom stereocenters. The van der Waals surface area contributed by atoms with Crippen molar-refractivity contribution in [3.63, 3.8) is 0 Å². The zero-order valence-electron chi connectivity index (χ0n) is 20.2. The summed E-state index contributed by atoms with van der Waals surface area (Å²) in [6, 6.07) is 0. The lowest BCUT2D eigenvalue weighted by Gasteiger charge is -2.24. The SMILES string of the molecule is C=CC1CC(/C=C\C2CC(C=C)C(C(=O)CC)C2C(=O)CC)C(C(=O)CC)C1C(=O)CC. The van der Waals surface area contributed by atoms with Crippen molar-refractivity contribution in [1.29, 1.82) is 0 Å². The molecule has 0 saturated heterocycles. The van der Waals surface area contributed by atoms with Gasteiger partial charge in [0, 0.05) is 49.4 Å². The number of carbonyl (C=O) groups is 4. The minimum Gasteiger partial charge on any atom is -0.299 e. The molecule has 0 radical (unpaired) electrons. The Morgan fingerprint density at radius 2 is 0.812 bits per heavy atom. The molecule has 0 heterocycles. The van der Waals surface area contributed by atoms with Gasteiger partial charge in [-0.3, -0.25) is 19.2 Å². The molecule has 8 atom stereocenters. The van der Waals surface area contributed by atoms with Gasteiger partial charge in [-0.25, -0.2) is 0 Å². The van der Waals surface area contributed by atoms with Gasteiger partial charge in [-0.05, 0) is 36.5 Å². The van der Waals surface area contributed by atoms with Crippen molar-refractivity contribution < 1.29 is 19.2 Å². The Kier molecular flexibility index (Phi) is 9.54. The van der Waals surface area contributed by atoms with E-state index < -0.39 is 0 Å². The van der Waals surface area contributed by atoms with Crippen LogP contribution in [-0.4, -0.2) is 23.1 Å². The van der Waals surface area contributed by atoms with Crippen LogP contribution in [0.3, 0.4) is 0 Å². The minimum absolute atomic E-state index is 0.00964. The quantitative estimate of drug-likeness (QED) is 0.372. The highest BCUT2D eigenvalue weighted by atomic mass is 16.1. The van der Waals surface area contributed by atoms with Gasteiger partial charge in [0.1, 0.15) is 23.1 Å². The van der Waals surface area contributed by atoms with Crippen LogP contribution in [-0.2, 0) is 19.2 Å². The normalized spacial score (nSPS) is 34.5. The van der Waals surface area contributed by atoms with Crippen molar-refractivity contribution in [3.05, 3.63) is 37.5 Å². The van der Waals surface area contributed by atoms with E-state index in [2.05, 4.69) is 25.3 Å². The fourth-order valence-electron chi connectivity index (χ4n) is 6.15. The lowest BCUT2D eigenvalue weighted by molar-refractivity contribution is -0.132. The average Bonchev–Trinajstić information content (AvgIpc) is 3.38. The molecule has 4 nitrogen and oxygen atoms in total. The number of rotatable bonds is 12. The Morgan fingerprint density at radius 1 is 0.562 bits per heavy atom. The van der Waals surface area contributed by atoms with Crippen molar-refractivity contribution in [2.45, 2.75) is 66.2 Å². The lowest BCUT2D eigenvalue weighted by Crippen LogP contribution is -2.31. The van der Waals surface area contributed by atoms with Crippen LogP contribution >= 0.6 is 0 Å². The molecule has 0 aromatic heterocycles. The maximum Gasteiger partial charge on any atom is 0.137 e. The van der Waals surface area contributed by atoms with Crippen LogP contribution in [0.15, 0.2) is 37.5 Å². The van der Waals surface area contributed by atoms with E-state index in [1.54, 1.807) is 0 Å². The van der Waals surface area contributed by atoms with E-state index in [4.69, 9.17) is 0 Å². The van der Waals surface area contributed by atoms with Gasteiger partial charge in [-0.2, -0.15) is 0 Å². The smallest absolute Gasteiger partial charge is 0.137 e. The Morgan fingerprint density at radius 3 is 1.03 bits per heavy atom. The summed E-state index contributed by atoms with van der Waals surface area (Å²) in [7, 11) is 0. The summed E-state index contributed by atoms with van der Waals surface area (Å²) in [5.41, 5.74) is 0. The first-order valence-corrected chi connectivity index (χ1v) is 12.3. The third kappa shape index (κ3) is 5.10. The number of allylic oxidation sites excluding steroid dienone is 4. The van der Waals surface area contributed by atoms with Gasteiger partial charge >= 0.3 is 0 Å². The maximum atomic E-state index is 12.9. The van der Waals surface area contributed by atoms with E-state index in [0.29, 0.717) is 38.5 Å². The van der Waals surface area contributed by atoms with Crippen molar-refractivity contribution >= 4 is 23.1 Å². The Labute approximate surface area is 193 Å². The monoisotopic (exact) mass is 440 g/mol. The number of hydrogen-bond donors (Lipinski definition) is 0. The summed E-state index contributed by atoms with van der Waals surface area (Å²) in [6.45, 7) is 15.2. The Balaban J connectivity index is 2.39. The molecule has 0 aromatic carbocycles. The van der Waals surface area contributed by atoms with Crippen molar-refractivity contribution in [1.82, 2.24) is 0 Å². The molecule has 32 heavy (non-hydrogen) atoms. The van der Waals surface area contributed by atoms with E-state index in [1.807, 2.05) is 39.8 Å². The highest BCUT2D eigenvalue weighted by molar-refractivity contribution is 5.92. The van der Waals surface area contributed by atoms with Crippen LogP contribution in [0, 0.1) is 47.3 Å². The maximum absolute atomic E-state index is 12.9. The van der Waals surface area contributed by atoms with E-state index in [1.165, 1.54) is 0 Å². The largest absolute Gasteiger partial charge is 0.299 e. The zero-order chi connectivity index (χ0) is 24.0. The molecule has 0 spiro atoms. The van der Waals surface area contributed by atoms with Crippen molar-refractivity contribution in [3.8, 4) is 0 Å². The molecule has 2 aliphatic carbocycles. The van der Waals surface area contributed by atoms with Gasteiger partial charge in [-0.1, -0.05) is 52.0 Å². The molecule has 2 fully saturated rings. The average molecular weight is 441 g/mol. The first-order valence-electron chi connectivity index (χ1n) is 12.3. The standard InChI is InChI=1S/C28H40O4/c1-7-17-15-19(27(23(31)11-5)25(17)21(29)9-3)13-14-20-16-18(8-2)26(22(30)10-4)28(20)24(32)12-6/h7-8,13-14,17-20,25-28H,1-2,9-12,15-16H2,3-6H3/b14-13-. The number of ketones is 4. The van der Waals surface area contributed by atoms with Gasteiger partial charge in [0.15, 0.2) is 0 Å². The van der Waals surface area contributed by atoms with Crippen LogP contribution in [0.1, 0.15) is 66.2 Å². The Bertz CT molecular complexity index is 712. The van der Waals surface area contributed by atoms with Crippen LogP contribution in [0.4, 0.5) is 0 Å². The predicted molar refractivity (Wildman–Crippen MR) is 128 cm³/mol. The first-order chi connectivity index (χ1) is 15.3. The Hall–Kier alpha value is -2.10. The molecule has 176 valence electrons. The fraction of sp³-hybridized carbons (Fsp3) is 0.643. The van der Waals surface area contributed by atoms with Crippen molar-refractivity contribution in [2.24, 2.45) is 47.3 Å². The molecular formula is C28H40O4. The third-order valence-corrected chi connectivity index (χ3v) is 7.80. The van der Waals surface area contributed by atoms with E-state index in [0.717, 1.165) is 0 Å². The molecular weight excluding hydrogens is 400 g/mol. The highest BCUT2D eigenvalue weighted by Crippen LogP contribution is 2.48. The molecule has 4 heteroatoms. The predicted octanol–water partition coefficient (Wildman–Crippen LogP) is 5.57. The molecule has 0 aromatic rings. The topological polar surface area (TPSA) is 68.3 Å². The molecule has 2 aliphatic rings. The van der Waals surface area contributed by atoms with Gasteiger partial charge in [0.2, 0.25) is 0 Å². The molecule has 0 amide bonds. The lowest BCUT2D eigenvalue weighted by atomic mass is 9.78. The minimum atomic E-state index is -0.336. The molecule has 2 rings (SSSR count). The van der Waals surface area contributed by atoms with Crippen LogP contribution < -0.4 is 0 Å². The van der Waals surface area contributed by atoms with Crippen LogP contribution in [0.2, 0.25) is 0 Å². The second kappa shape index (κ2) is 11.7. The number of carbonyl (C=O) groups excluding carboxylic acids is 4. The van der Waals surface area contributed by atoms with Gasteiger partial charge in [0.05, 0.1) is 0 Å². The molecule has 2 saturated carbocycles. The zero-order valence-corrected chi connectivity index (χ0v) is 20.2. The van der Waals surface area contributed by atoms with Crippen molar-refractivity contribution in [2.75, 3.05) is 0 Å². The summed E-state index contributed by atoms with van der Waals surface area (Å²) >= 11 is 0. The summed E-state index contributed by atoms with van der Waals surface area (Å²) < 4.78 is 0. The molecule has 0 N–H and O–H groups in total. The van der Waals surface area contributed by atoms with E-state index in [-0.39, 0.29) is 70.5 Å². The van der Waals surface area contributed by atoms with E-state index >= 15 is 0 Å². The molecule has 0 bridgehead atoms. The van der Waals surface area contributed by atoms with Gasteiger partial charge < -0.3 is 0 Å². The summed E-state index contributed by atoms with van der Waals surface area (Å²) in [5, 5.41) is 0. The second-order valence-electron chi connectivity index (χ2n) is 9.37. The summed E-state index contributed by atoms with van der Waals surface area (Å²) in [4.78, 5) is 51.2. The van der Waals surface area contributed by atoms with Crippen LogP contribution in [0.5, 0.6) is 0 Å². The third-order valence-electron chi connectivity index (χ3n) is 7.80. The number of Topliss-reactive ketones (excluding diaryl/α,β-unsaturated/α-hetero) is 4. The first kappa shape index (κ1) is 26.2. The van der Waals surface area contributed by atoms with Gasteiger partial charge in [0.25, 0.3) is 0 Å². The molecule has 0 aliphatic heterocycles. The van der Waals surface area contributed by atoms with Crippen LogP contribution in [0.25, 0.3) is 0 Å². The highest BCUT2D eigenvalue weighted by Gasteiger charge is 2.49. The summed E-state index contributed by atoms with van der Waals surface area (Å²) in [5.74, 6) is -0.938.